The fourth-order valence-electron chi connectivity index (χ4n) is 2.42. The average molecular weight is 452 g/mol. The summed E-state index contributed by atoms with van der Waals surface area (Å²) >= 11 is 0. The Morgan fingerprint density at radius 1 is 0.800 bits per heavy atom. The number of carbonyl (C=O) groups excluding carboxylic acids is 1. The lowest BCUT2D eigenvalue weighted by Crippen LogP contribution is -2.45. The number of carbonyl (C=O) groups is 1. The molecule has 0 unspecified atom stereocenters. The summed E-state index contributed by atoms with van der Waals surface area (Å²) in [5.74, 6) is 1.47. The molecule has 172 valence electrons. The van der Waals surface area contributed by atoms with Crippen molar-refractivity contribution < 1.29 is 13.6 Å². The average Bonchev–Trinajstić information content (AvgIpc) is 2.63. The molecule has 0 amide bonds. The zero-order chi connectivity index (χ0) is 23.2. The van der Waals surface area contributed by atoms with Crippen molar-refractivity contribution in [3.8, 4) is 11.5 Å². The normalized spacial score (nSPS) is 15.7. The van der Waals surface area contributed by atoms with E-state index < -0.39 is 16.6 Å². The highest BCUT2D eigenvalue weighted by molar-refractivity contribution is 6.75. The summed E-state index contributed by atoms with van der Waals surface area (Å²) < 4.78 is 13.0. The van der Waals surface area contributed by atoms with E-state index in [1.807, 2.05) is 12.1 Å². The number of aldehydes is 1. The predicted molar refractivity (Wildman–Crippen MR) is 134 cm³/mol. The molecule has 0 radical (unpaired) electrons. The summed E-state index contributed by atoms with van der Waals surface area (Å²) in [6.07, 6.45) is 5.07. The molecule has 0 spiro atoms. The summed E-state index contributed by atoms with van der Waals surface area (Å²) in [4.78, 5) is 11.2. The van der Waals surface area contributed by atoms with Gasteiger partial charge in [0.05, 0.1) is 0 Å². The number of hydrogen-bond acceptors (Lipinski definition) is 4. The lowest BCUT2D eigenvalue weighted by molar-refractivity contribution is 0.112. The van der Waals surface area contributed by atoms with Gasteiger partial charge < -0.3 is 14.2 Å². The maximum atomic E-state index is 11.2. The van der Waals surface area contributed by atoms with Crippen LogP contribution in [-0.4, -0.2) is 36.0 Å². The molecule has 0 saturated carbocycles. The van der Waals surface area contributed by atoms with Gasteiger partial charge in [-0.3, -0.25) is 4.79 Å². The maximum Gasteiger partial charge on any atom is 0.250 e. The van der Waals surface area contributed by atoms with Gasteiger partial charge >= 0.3 is 0 Å². The highest BCUT2D eigenvalue weighted by Crippen LogP contribution is 2.43. The van der Waals surface area contributed by atoms with Gasteiger partial charge in [0.25, 0.3) is 16.6 Å². The zero-order valence-electron chi connectivity index (χ0n) is 21.1. The zero-order valence-corrected chi connectivity index (χ0v) is 23.1. The molecule has 1 aromatic carbocycles. The van der Waals surface area contributed by atoms with E-state index >= 15 is 0 Å². The Kier molecular flexibility index (Phi) is 9.39. The Hall–Kier alpha value is -1.12. The molecule has 1 aliphatic heterocycles. The van der Waals surface area contributed by atoms with Crippen LogP contribution in [0.2, 0.25) is 36.3 Å². The Labute approximate surface area is 187 Å². The first-order valence-corrected chi connectivity index (χ1v) is 17.1. The van der Waals surface area contributed by atoms with Crippen molar-refractivity contribution >= 4 is 22.9 Å². The summed E-state index contributed by atoms with van der Waals surface area (Å²) in [6.45, 7) is 24.6. The van der Waals surface area contributed by atoms with Crippen LogP contribution in [0.1, 0.15) is 71.2 Å². The number of rotatable bonds is 5. The first-order chi connectivity index (χ1) is 13.6. The van der Waals surface area contributed by atoms with E-state index in [4.69, 9.17) is 8.85 Å². The van der Waals surface area contributed by atoms with Crippen LogP contribution in [0.15, 0.2) is 18.2 Å². The molecule has 4 nitrogen and oxygen atoms in total. The molecular formula is C24H45NO3Si2. The van der Waals surface area contributed by atoms with Gasteiger partial charge in [-0.25, -0.2) is 0 Å². The lowest BCUT2D eigenvalue weighted by Gasteiger charge is -2.39. The van der Waals surface area contributed by atoms with Gasteiger partial charge in [-0.15, -0.1) is 0 Å². The van der Waals surface area contributed by atoms with Crippen LogP contribution in [0, 0.1) is 0 Å². The Balaban J connectivity index is 0.000000637. The van der Waals surface area contributed by atoms with Crippen LogP contribution in [0.4, 0.5) is 0 Å². The molecule has 1 heterocycles. The Morgan fingerprint density at radius 3 is 1.60 bits per heavy atom. The monoisotopic (exact) mass is 451 g/mol. The third-order valence-corrected chi connectivity index (χ3v) is 15.3. The minimum Gasteiger partial charge on any atom is -0.541 e. The van der Waals surface area contributed by atoms with Crippen molar-refractivity contribution in [1.29, 1.82) is 0 Å². The molecule has 1 N–H and O–H groups in total. The van der Waals surface area contributed by atoms with Crippen LogP contribution >= 0.6 is 0 Å². The lowest BCUT2D eigenvalue weighted by atomic mass is 10.2. The van der Waals surface area contributed by atoms with E-state index in [9.17, 15) is 4.79 Å². The fourth-order valence-corrected chi connectivity index (χ4v) is 4.46. The van der Waals surface area contributed by atoms with E-state index in [2.05, 4.69) is 73.0 Å². The van der Waals surface area contributed by atoms with Crippen LogP contribution in [0.3, 0.4) is 0 Å². The number of benzene rings is 1. The van der Waals surface area contributed by atoms with Crippen LogP contribution in [-0.2, 0) is 0 Å². The molecule has 1 aromatic rings. The van der Waals surface area contributed by atoms with Gasteiger partial charge in [-0.1, -0.05) is 48.0 Å². The van der Waals surface area contributed by atoms with E-state index in [0.29, 0.717) is 11.3 Å². The van der Waals surface area contributed by atoms with E-state index in [0.717, 1.165) is 12.0 Å². The van der Waals surface area contributed by atoms with Gasteiger partial charge in [0.15, 0.2) is 0 Å². The van der Waals surface area contributed by atoms with Gasteiger partial charge in [0.2, 0.25) is 0 Å². The van der Waals surface area contributed by atoms with Crippen LogP contribution in [0.25, 0.3) is 0 Å². The van der Waals surface area contributed by atoms with Crippen molar-refractivity contribution in [1.82, 2.24) is 5.32 Å². The fraction of sp³-hybridized carbons (Fsp3) is 0.708. The minimum absolute atomic E-state index is 0.0818. The van der Waals surface area contributed by atoms with Crippen molar-refractivity contribution in [2.45, 2.75) is 97.1 Å². The Bertz CT molecular complexity index is 673. The van der Waals surface area contributed by atoms with E-state index in [1.54, 1.807) is 6.07 Å². The molecular weight excluding hydrogens is 406 g/mol. The van der Waals surface area contributed by atoms with E-state index in [-0.39, 0.29) is 10.1 Å². The molecule has 6 heteroatoms. The van der Waals surface area contributed by atoms with Crippen LogP contribution < -0.4 is 14.2 Å². The second kappa shape index (κ2) is 10.5. The summed E-state index contributed by atoms with van der Waals surface area (Å²) in [7, 11) is -3.99. The summed E-state index contributed by atoms with van der Waals surface area (Å²) in [5.41, 5.74) is 0.617. The smallest absolute Gasteiger partial charge is 0.250 e. The molecule has 1 fully saturated rings. The third kappa shape index (κ3) is 7.86. The molecule has 1 saturated heterocycles. The SMILES string of the molecule is C1CCNCC1.CC(C)(C)[Si](C)(C)Oc1ccc(C=O)cc1O[Si](C)(C)C(C)(C)C. The van der Waals surface area contributed by atoms with Crippen LogP contribution in [0.5, 0.6) is 11.5 Å². The second-order valence-electron chi connectivity index (χ2n) is 11.4. The van der Waals surface area contributed by atoms with Gasteiger partial charge in [0.1, 0.15) is 17.8 Å². The highest BCUT2D eigenvalue weighted by atomic mass is 28.4. The van der Waals surface area contributed by atoms with Crippen molar-refractivity contribution in [3.05, 3.63) is 23.8 Å². The van der Waals surface area contributed by atoms with Gasteiger partial charge in [-0.05, 0) is 80.4 Å². The molecule has 1 aliphatic rings. The standard InChI is InChI=1S/C19H34O3Si2.C5H11N/c1-18(2,3)23(7,8)21-16-12-11-15(14-20)13-17(16)22-24(9,10)19(4,5)6;1-2-4-6-5-3-1/h11-14H,1-10H3;6H,1-5H2. The van der Waals surface area contributed by atoms with Gasteiger partial charge in [-0.2, -0.15) is 0 Å². The summed E-state index contributed by atoms with van der Waals surface area (Å²) in [6, 6.07) is 5.50. The number of piperidine rings is 1. The van der Waals surface area contributed by atoms with Crippen molar-refractivity contribution in [3.63, 3.8) is 0 Å². The van der Waals surface area contributed by atoms with Crippen molar-refractivity contribution in [2.75, 3.05) is 13.1 Å². The maximum absolute atomic E-state index is 11.2. The molecule has 2 rings (SSSR count). The quantitative estimate of drug-likeness (QED) is 0.386. The number of nitrogens with one attached hydrogen (secondary N) is 1. The predicted octanol–water partition coefficient (Wildman–Crippen LogP) is 7.03. The van der Waals surface area contributed by atoms with Gasteiger partial charge in [0, 0.05) is 5.56 Å². The Morgan fingerprint density at radius 2 is 1.27 bits per heavy atom. The molecule has 30 heavy (non-hydrogen) atoms. The molecule has 0 atom stereocenters. The minimum atomic E-state index is -2.01. The highest BCUT2D eigenvalue weighted by Gasteiger charge is 2.42. The first kappa shape index (κ1) is 26.9. The molecule has 0 bridgehead atoms. The topological polar surface area (TPSA) is 47.6 Å². The first-order valence-electron chi connectivity index (χ1n) is 11.3. The third-order valence-electron chi connectivity index (χ3n) is 6.65. The largest absolute Gasteiger partial charge is 0.541 e. The summed E-state index contributed by atoms with van der Waals surface area (Å²) in [5, 5.41) is 3.47. The second-order valence-corrected chi connectivity index (χ2v) is 20.8. The molecule has 0 aromatic heterocycles. The van der Waals surface area contributed by atoms with Crippen molar-refractivity contribution in [2.24, 2.45) is 0 Å². The number of hydrogen-bond donors (Lipinski definition) is 1. The van der Waals surface area contributed by atoms with E-state index in [1.165, 1.54) is 32.4 Å². The molecule has 0 aliphatic carbocycles.